The molecule has 1 N–H and O–H groups in total. The molecule has 1 aliphatic heterocycles. The lowest BCUT2D eigenvalue weighted by molar-refractivity contribution is 0.0497. The van der Waals surface area contributed by atoms with Gasteiger partial charge in [0.25, 0.3) is 5.91 Å². The molecule has 134 valence electrons. The molecule has 0 unspecified atom stereocenters. The summed E-state index contributed by atoms with van der Waals surface area (Å²) >= 11 is 0. The number of hydrogen-bond donors (Lipinski definition) is 1. The SMILES string of the molecule is CC(C)COc1cccc(C(=O)N2CC(n3cc([C@@H](C)O)nn3)C2)c1. The molecule has 3 rings (SSSR count). The molecule has 2 heterocycles. The van der Waals surface area contributed by atoms with Crippen molar-refractivity contribution in [3.05, 3.63) is 41.7 Å². The summed E-state index contributed by atoms with van der Waals surface area (Å²) in [6.07, 6.45) is 1.09. The third-order valence-corrected chi connectivity index (χ3v) is 4.14. The molecule has 0 bridgehead atoms. The van der Waals surface area contributed by atoms with Crippen LogP contribution in [0.3, 0.4) is 0 Å². The molecule has 1 aromatic heterocycles. The zero-order valence-electron chi connectivity index (χ0n) is 14.8. The fourth-order valence-electron chi connectivity index (χ4n) is 2.61. The Bertz CT molecular complexity index is 735. The van der Waals surface area contributed by atoms with Crippen LogP contribution in [0, 0.1) is 5.92 Å². The van der Waals surface area contributed by atoms with E-state index in [1.165, 1.54) is 0 Å². The predicted octanol–water partition coefficient (Wildman–Crippen LogP) is 2.06. The van der Waals surface area contributed by atoms with Crippen molar-refractivity contribution in [3.8, 4) is 5.75 Å². The molecule has 1 aromatic carbocycles. The van der Waals surface area contributed by atoms with Gasteiger partial charge in [0.05, 0.1) is 24.9 Å². The Kier molecular flexibility index (Phi) is 5.03. The van der Waals surface area contributed by atoms with E-state index in [1.807, 2.05) is 12.1 Å². The number of likely N-dealkylation sites (tertiary alicyclic amines) is 1. The van der Waals surface area contributed by atoms with Gasteiger partial charge in [0.1, 0.15) is 11.4 Å². The maximum Gasteiger partial charge on any atom is 0.254 e. The van der Waals surface area contributed by atoms with E-state index >= 15 is 0 Å². The first-order valence-electron chi connectivity index (χ1n) is 8.56. The van der Waals surface area contributed by atoms with E-state index < -0.39 is 6.10 Å². The van der Waals surface area contributed by atoms with Gasteiger partial charge in [0.2, 0.25) is 0 Å². The van der Waals surface area contributed by atoms with E-state index in [0.717, 1.165) is 5.75 Å². The van der Waals surface area contributed by atoms with Gasteiger partial charge in [-0.3, -0.25) is 4.79 Å². The van der Waals surface area contributed by atoms with Crippen LogP contribution in [0.25, 0.3) is 0 Å². The smallest absolute Gasteiger partial charge is 0.254 e. The van der Waals surface area contributed by atoms with Gasteiger partial charge in [-0.05, 0) is 31.0 Å². The molecule has 25 heavy (non-hydrogen) atoms. The van der Waals surface area contributed by atoms with Gasteiger partial charge >= 0.3 is 0 Å². The molecular weight excluding hydrogens is 320 g/mol. The van der Waals surface area contributed by atoms with Crippen LogP contribution < -0.4 is 4.74 Å². The van der Waals surface area contributed by atoms with Crippen molar-refractivity contribution in [1.82, 2.24) is 19.9 Å². The summed E-state index contributed by atoms with van der Waals surface area (Å²) in [7, 11) is 0. The molecule has 0 radical (unpaired) electrons. The van der Waals surface area contributed by atoms with Crippen LogP contribution in [0.5, 0.6) is 5.75 Å². The monoisotopic (exact) mass is 344 g/mol. The molecule has 7 nitrogen and oxygen atoms in total. The number of aliphatic hydroxyl groups is 1. The van der Waals surface area contributed by atoms with Gasteiger partial charge < -0.3 is 14.7 Å². The highest BCUT2D eigenvalue weighted by Crippen LogP contribution is 2.24. The zero-order chi connectivity index (χ0) is 18.0. The number of nitrogens with zero attached hydrogens (tertiary/aromatic N) is 4. The molecule has 1 amide bonds. The molecule has 2 aromatic rings. The van der Waals surface area contributed by atoms with Crippen LogP contribution in [-0.2, 0) is 0 Å². The quantitative estimate of drug-likeness (QED) is 0.868. The van der Waals surface area contributed by atoms with Crippen molar-refractivity contribution >= 4 is 5.91 Å². The number of benzene rings is 1. The normalized spacial score (nSPS) is 16.0. The molecule has 7 heteroatoms. The summed E-state index contributed by atoms with van der Waals surface area (Å²) in [5, 5.41) is 17.5. The molecular formula is C18H24N4O3. The number of hydrogen-bond acceptors (Lipinski definition) is 5. The minimum absolute atomic E-state index is 0.0119. The molecule has 0 spiro atoms. The summed E-state index contributed by atoms with van der Waals surface area (Å²) in [6, 6.07) is 7.40. The van der Waals surface area contributed by atoms with E-state index in [4.69, 9.17) is 4.74 Å². The Morgan fingerprint density at radius 3 is 2.76 bits per heavy atom. The van der Waals surface area contributed by atoms with Crippen molar-refractivity contribution in [1.29, 1.82) is 0 Å². The molecule has 1 fully saturated rings. The van der Waals surface area contributed by atoms with Gasteiger partial charge in [0.15, 0.2) is 0 Å². The van der Waals surface area contributed by atoms with Gasteiger partial charge in [-0.2, -0.15) is 0 Å². The van der Waals surface area contributed by atoms with E-state index in [1.54, 1.807) is 34.8 Å². The topological polar surface area (TPSA) is 80.5 Å². The minimum Gasteiger partial charge on any atom is -0.493 e. The van der Waals surface area contributed by atoms with Gasteiger partial charge in [-0.25, -0.2) is 4.68 Å². The van der Waals surface area contributed by atoms with Gasteiger partial charge in [-0.15, -0.1) is 5.10 Å². The van der Waals surface area contributed by atoms with E-state index in [0.29, 0.717) is 36.9 Å². The number of amides is 1. The van der Waals surface area contributed by atoms with Crippen molar-refractivity contribution < 1.29 is 14.6 Å². The van der Waals surface area contributed by atoms with Crippen LogP contribution in [0.1, 0.15) is 49.0 Å². The standard InChI is InChI=1S/C18H24N4O3/c1-12(2)11-25-16-6-4-5-14(7-16)18(24)21-8-15(9-21)22-10-17(13(3)23)19-20-22/h4-7,10,12-13,15,23H,8-9,11H2,1-3H3/t13-/m1/s1. The third kappa shape index (κ3) is 3.99. The Morgan fingerprint density at radius 1 is 1.36 bits per heavy atom. The number of aromatic nitrogens is 3. The Labute approximate surface area is 147 Å². The lowest BCUT2D eigenvalue weighted by Gasteiger charge is -2.38. The highest BCUT2D eigenvalue weighted by molar-refractivity contribution is 5.95. The number of ether oxygens (including phenoxy) is 1. The van der Waals surface area contributed by atoms with Crippen molar-refractivity contribution in [2.45, 2.75) is 32.9 Å². The second-order valence-electron chi connectivity index (χ2n) is 6.90. The second-order valence-corrected chi connectivity index (χ2v) is 6.90. The highest BCUT2D eigenvalue weighted by Gasteiger charge is 2.33. The average molecular weight is 344 g/mol. The first-order valence-corrected chi connectivity index (χ1v) is 8.56. The maximum atomic E-state index is 12.6. The lowest BCUT2D eigenvalue weighted by atomic mass is 10.1. The Balaban J connectivity index is 1.59. The number of carbonyl (C=O) groups excluding carboxylic acids is 1. The predicted molar refractivity (Wildman–Crippen MR) is 92.4 cm³/mol. The number of rotatable bonds is 6. The minimum atomic E-state index is -0.639. The van der Waals surface area contributed by atoms with E-state index in [9.17, 15) is 9.90 Å². The lowest BCUT2D eigenvalue weighted by Crippen LogP contribution is -2.50. The second kappa shape index (κ2) is 7.23. The largest absolute Gasteiger partial charge is 0.493 e. The first kappa shape index (κ1) is 17.4. The third-order valence-electron chi connectivity index (χ3n) is 4.14. The summed E-state index contributed by atoms with van der Waals surface area (Å²) in [4.78, 5) is 14.4. The summed E-state index contributed by atoms with van der Waals surface area (Å²) in [5.41, 5.74) is 1.17. The molecule has 0 aliphatic carbocycles. The fourth-order valence-corrected chi connectivity index (χ4v) is 2.61. The van der Waals surface area contributed by atoms with Crippen LogP contribution >= 0.6 is 0 Å². The van der Waals surface area contributed by atoms with Crippen LogP contribution in [0.15, 0.2) is 30.5 Å². The molecule has 1 saturated heterocycles. The Hall–Kier alpha value is -2.41. The Morgan fingerprint density at radius 2 is 2.12 bits per heavy atom. The number of carbonyl (C=O) groups is 1. The van der Waals surface area contributed by atoms with Crippen LogP contribution in [-0.4, -0.2) is 50.6 Å². The van der Waals surface area contributed by atoms with Crippen molar-refractivity contribution in [2.75, 3.05) is 19.7 Å². The van der Waals surface area contributed by atoms with Gasteiger partial charge in [-0.1, -0.05) is 25.1 Å². The molecule has 1 aliphatic rings. The van der Waals surface area contributed by atoms with Crippen LogP contribution in [0.4, 0.5) is 0 Å². The van der Waals surface area contributed by atoms with Crippen LogP contribution in [0.2, 0.25) is 0 Å². The molecule has 0 saturated carbocycles. The fraction of sp³-hybridized carbons (Fsp3) is 0.500. The molecule has 1 atom stereocenters. The summed E-state index contributed by atoms with van der Waals surface area (Å²) < 4.78 is 7.40. The van der Waals surface area contributed by atoms with Gasteiger partial charge in [0, 0.05) is 18.7 Å². The average Bonchev–Trinajstić information content (AvgIpc) is 3.01. The number of aliphatic hydroxyl groups excluding tert-OH is 1. The maximum absolute atomic E-state index is 12.6. The highest BCUT2D eigenvalue weighted by atomic mass is 16.5. The first-order chi connectivity index (χ1) is 11.9. The van der Waals surface area contributed by atoms with Crippen molar-refractivity contribution in [3.63, 3.8) is 0 Å². The summed E-state index contributed by atoms with van der Waals surface area (Å²) in [6.45, 7) is 7.61. The summed E-state index contributed by atoms with van der Waals surface area (Å²) in [5.74, 6) is 1.14. The van der Waals surface area contributed by atoms with Crippen molar-refractivity contribution in [2.24, 2.45) is 5.92 Å². The van der Waals surface area contributed by atoms with E-state index in [2.05, 4.69) is 24.2 Å². The zero-order valence-corrected chi connectivity index (χ0v) is 14.8. The van der Waals surface area contributed by atoms with E-state index in [-0.39, 0.29) is 11.9 Å².